The highest BCUT2D eigenvalue weighted by atomic mass is 35.5. The van der Waals surface area contributed by atoms with Gasteiger partial charge in [-0.25, -0.2) is 27.0 Å². The van der Waals surface area contributed by atoms with Crippen molar-refractivity contribution in [3.63, 3.8) is 0 Å². The summed E-state index contributed by atoms with van der Waals surface area (Å²) in [7, 11) is -3.71. The van der Waals surface area contributed by atoms with Crippen molar-refractivity contribution in [3.8, 4) is 0 Å². The van der Waals surface area contributed by atoms with Gasteiger partial charge in [-0.15, -0.1) is 0 Å². The van der Waals surface area contributed by atoms with E-state index in [2.05, 4.69) is 10.0 Å². The molecule has 0 radical (unpaired) electrons. The highest BCUT2D eigenvalue weighted by Crippen LogP contribution is 2.35. The third kappa shape index (κ3) is 5.74. The molecule has 3 aromatic rings. The van der Waals surface area contributed by atoms with Crippen molar-refractivity contribution in [1.82, 2.24) is 4.57 Å². The number of aromatic nitrogens is 1. The van der Waals surface area contributed by atoms with Gasteiger partial charge in [0.25, 0.3) is 0 Å². The number of hydrogen-bond donors (Lipinski definition) is 3. The van der Waals surface area contributed by atoms with E-state index in [0.29, 0.717) is 5.69 Å². The number of sulfonamides is 1. The summed E-state index contributed by atoms with van der Waals surface area (Å²) in [5, 5.41) is 12.8. The van der Waals surface area contributed by atoms with Crippen molar-refractivity contribution in [2.24, 2.45) is 0 Å². The molecule has 176 valence electrons. The molecule has 0 fully saturated rings. The van der Waals surface area contributed by atoms with Gasteiger partial charge in [0, 0.05) is 11.1 Å². The Morgan fingerprint density at radius 1 is 1.12 bits per heavy atom. The molecule has 3 N–H and O–H groups in total. The maximum atomic E-state index is 13.6. The van der Waals surface area contributed by atoms with E-state index in [1.165, 1.54) is 30.3 Å². The number of halogens is 2. The van der Waals surface area contributed by atoms with Gasteiger partial charge < -0.3 is 15.2 Å². The van der Waals surface area contributed by atoms with Crippen molar-refractivity contribution in [2.75, 3.05) is 16.3 Å². The molecule has 12 heteroatoms. The zero-order valence-corrected chi connectivity index (χ0v) is 19.6. The predicted molar refractivity (Wildman–Crippen MR) is 124 cm³/mol. The molecule has 0 amide bonds. The minimum atomic E-state index is -3.71. The molecule has 33 heavy (non-hydrogen) atoms. The van der Waals surface area contributed by atoms with Crippen LogP contribution in [0.2, 0.25) is 5.02 Å². The first-order valence-corrected chi connectivity index (χ1v) is 11.8. The number of aromatic carboxylic acids is 1. The Bertz CT molecular complexity index is 1380. The largest absolute Gasteiger partial charge is 0.477 e. The molecular weight excluding hydrogens is 477 g/mol. The van der Waals surface area contributed by atoms with Crippen molar-refractivity contribution >= 4 is 61.7 Å². The number of nitrogens with zero attached hydrogens (tertiary/aromatic N) is 1. The summed E-state index contributed by atoms with van der Waals surface area (Å²) in [6.45, 7) is 4.87. The van der Waals surface area contributed by atoms with Gasteiger partial charge in [-0.3, -0.25) is 4.72 Å². The third-order valence-corrected chi connectivity index (χ3v) is 5.11. The van der Waals surface area contributed by atoms with Crippen LogP contribution in [0, 0.1) is 5.82 Å². The van der Waals surface area contributed by atoms with Crippen molar-refractivity contribution in [1.29, 1.82) is 0 Å². The first-order chi connectivity index (χ1) is 15.1. The second-order valence-corrected chi connectivity index (χ2v) is 10.4. The van der Waals surface area contributed by atoms with Gasteiger partial charge in [-0.1, -0.05) is 11.6 Å². The number of carboxylic acids is 1. The molecule has 0 aliphatic carbocycles. The average Bonchev–Trinajstić information content (AvgIpc) is 3.02. The van der Waals surface area contributed by atoms with Gasteiger partial charge in [0.05, 0.1) is 28.2 Å². The maximum Gasteiger partial charge on any atom is 0.419 e. The molecule has 1 heterocycles. The van der Waals surface area contributed by atoms with Gasteiger partial charge in [-0.2, -0.15) is 0 Å². The second-order valence-electron chi connectivity index (χ2n) is 8.24. The number of hydrogen-bond acceptors (Lipinski definition) is 6. The van der Waals surface area contributed by atoms with Crippen LogP contribution in [0.1, 0.15) is 31.3 Å². The summed E-state index contributed by atoms with van der Waals surface area (Å²) < 4.78 is 45.7. The Kier molecular flexibility index (Phi) is 6.31. The van der Waals surface area contributed by atoms with E-state index in [9.17, 15) is 27.5 Å². The van der Waals surface area contributed by atoms with Crippen LogP contribution >= 0.6 is 11.6 Å². The predicted octanol–water partition coefficient (Wildman–Crippen LogP) is 5.03. The lowest BCUT2D eigenvalue weighted by Crippen LogP contribution is -2.28. The summed E-state index contributed by atoms with van der Waals surface area (Å²) in [6.07, 6.45) is -0.0122. The van der Waals surface area contributed by atoms with Crippen LogP contribution in [0.15, 0.2) is 36.4 Å². The van der Waals surface area contributed by atoms with E-state index in [1.807, 2.05) is 0 Å². The van der Waals surface area contributed by atoms with E-state index in [-0.39, 0.29) is 27.3 Å². The first kappa shape index (κ1) is 24.3. The smallest absolute Gasteiger partial charge is 0.419 e. The molecule has 0 unspecified atom stereocenters. The van der Waals surface area contributed by atoms with Crippen LogP contribution in [0.4, 0.5) is 26.2 Å². The third-order valence-electron chi connectivity index (χ3n) is 4.22. The fourth-order valence-corrected chi connectivity index (χ4v) is 3.80. The standard InChI is InChI=1S/C21H21ClFN3O6S/c1-21(2,3)32-20(29)26-17-9-12(25-33(4,30)31)8-16(13(17)10-18(26)19(27)28)24-11-5-6-15(23)14(22)7-11/h5-10,24-25H,1-4H3,(H,27,28). The van der Waals surface area contributed by atoms with Gasteiger partial charge >= 0.3 is 12.1 Å². The number of anilines is 3. The monoisotopic (exact) mass is 497 g/mol. The molecule has 0 spiro atoms. The van der Waals surface area contributed by atoms with Gasteiger partial charge in [0.15, 0.2) is 0 Å². The molecule has 0 saturated carbocycles. The number of rotatable bonds is 5. The number of carbonyl (C=O) groups is 2. The Labute approximate surface area is 194 Å². The van der Waals surface area contributed by atoms with E-state index >= 15 is 0 Å². The SMILES string of the molecule is CC(C)(C)OC(=O)n1c(C(=O)O)cc2c(Nc3ccc(F)c(Cl)c3)cc(NS(C)(=O)=O)cc21. The normalized spacial score (nSPS) is 11.9. The lowest BCUT2D eigenvalue weighted by Gasteiger charge is -2.20. The van der Waals surface area contributed by atoms with Gasteiger partial charge in [0.1, 0.15) is 17.1 Å². The zero-order valence-electron chi connectivity index (χ0n) is 18.1. The number of fused-ring (bicyclic) bond motifs is 1. The molecule has 0 saturated heterocycles. The summed E-state index contributed by atoms with van der Waals surface area (Å²) >= 11 is 5.84. The van der Waals surface area contributed by atoms with Gasteiger partial charge in [0.2, 0.25) is 10.0 Å². The summed E-state index contributed by atoms with van der Waals surface area (Å²) in [5.41, 5.74) is -0.590. The van der Waals surface area contributed by atoms with Crippen molar-refractivity contribution < 1.29 is 32.2 Å². The van der Waals surface area contributed by atoms with E-state index in [4.69, 9.17) is 16.3 Å². The molecule has 0 bridgehead atoms. The highest BCUT2D eigenvalue weighted by Gasteiger charge is 2.26. The Morgan fingerprint density at radius 3 is 2.33 bits per heavy atom. The highest BCUT2D eigenvalue weighted by molar-refractivity contribution is 7.92. The molecule has 0 atom stereocenters. The summed E-state index contributed by atoms with van der Waals surface area (Å²) in [4.78, 5) is 24.8. The number of benzene rings is 2. The van der Waals surface area contributed by atoms with Gasteiger partial charge in [-0.05, 0) is 57.2 Å². The molecule has 0 aliphatic heterocycles. The number of carbonyl (C=O) groups excluding carboxylic acids is 1. The second kappa shape index (κ2) is 8.56. The van der Waals surface area contributed by atoms with E-state index in [1.54, 1.807) is 20.8 Å². The fraction of sp³-hybridized carbons (Fsp3) is 0.238. The number of nitrogens with one attached hydrogen (secondary N) is 2. The van der Waals surface area contributed by atoms with Crippen LogP contribution in [0.3, 0.4) is 0 Å². The summed E-state index contributed by atoms with van der Waals surface area (Å²) in [6, 6.07) is 7.81. The Morgan fingerprint density at radius 2 is 1.79 bits per heavy atom. The quantitative estimate of drug-likeness (QED) is 0.451. The molecular formula is C21H21ClFN3O6S. The molecule has 0 aliphatic rings. The number of ether oxygens (including phenoxy) is 1. The molecule has 9 nitrogen and oxygen atoms in total. The maximum absolute atomic E-state index is 13.6. The minimum absolute atomic E-state index is 0.0561. The molecule has 1 aromatic heterocycles. The van der Waals surface area contributed by atoms with E-state index in [0.717, 1.165) is 16.9 Å². The summed E-state index contributed by atoms with van der Waals surface area (Å²) in [5.74, 6) is -2.03. The fourth-order valence-electron chi connectivity index (χ4n) is 3.07. The van der Waals surface area contributed by atoms with Crippen LogP contribution in [-0.2, 0) is 14.8 Å². The minimum Gasteiger partial charge on any atom is -0.477 e. The zero-order chi connectivity index (χ0) is 24.7. The topological polar surface area (TPSA) is 127 Å². The van der Waals surface area contributed by atoms with Crippen molar-refractivity contribution in [2.45, 2.75) is 26.4 Å². The first-order valence-electron chi connectivity index (χ1n) is 9.50. The Balaban J connectivity index is 2.28. The van der Waals surface area contributed by atoms with Crippen LogP contribution in [0.5, 0.6) is 0 Å². The van der Waals surface area contributed by atoms with Crippen LogP contribution in [-0.4, -0.2) is 42.0 Å². The Hall–Kier alpha value is -3.31. The lowest BCUT2D eigenvalue weighted by atomic mass is 10.1. The van der Waals surface area contributed by atoms with Crippen molar-refractivity contribution in [3.05, 3.63) is 52.9 Å². The average molecular weight is 498 g/mol. The molecule has 3 rings (SSSR count). The van der Waals surface area contributed by atoms with Crippen LogP contribution in [0.25, 0.3) is 10.9 Å². The molecule has 2 aromatic carbocycles. The van der Waals surface area contributed by atoms with Crippen LogP contribution < -0.4 is 10.0 Å². The lowest BCUT2D eigenvalue weighted by molar-refractivity contribution is 0.0513. The van der Waals surface area contributed by atoms with E-state index < -0.39 is 39.2 Å². The number of carboxylic acid groups (broad SMARTS) is 1.